The lowest BCUT2D eigenvalue weighted by Crippen LogP contribution is -2.24. The Balaban J connectivity index is 1.79. The number of nitrogens with two attached hydrogens (primary N) is 1. The van der Waals surface area contributed by atoms with Crippen LogP contribution in [0.2, 0.25) is 0 Å². The second kappa shape index (κ2) is 5.99. The number of aromatic nitrogens is 2. The van der Waals surface area contributed by atoms with Crippen molar-refractivity contribution in [2.75, 3.05) is 12.8 Å². The first-order valence-corrected chi connectivity index (χ1v) is 7.97. The zero-order valence-electron chi connectivity index (χ0n) is 13.2. The summed E-state index contributed by atoms with van der Waals surface area (Å²) in [6, 6.07) is 4.46. The van der Waals surface area contributed by atoms with Gasteiger partial charge in [0.1, 0.15) is 0 Å². The van der Waals surface area contributed by atoms with Crippen LogP contribution < -0.4 is 5.73 Å². The van der Waals surface area contributed by atoms with Crippen molar-refractivity contribution in [1.29, 1.82) is 0 Å². The minimum Gasteiger partial charge on any atom is -0.469 e. The molecule has 0 atom stereocenters. The molecule has 1 fully saturated rings. The summed E-state index contributed by atoms with van der Waals surface area (Å²) in [5, 5.41) is 5.81. The van der Waals surface area contributed by atoms with Crippen molar-refractivity contribution in [3.8, 4) is 0 Å². The molecule has 5 heteroatoms. The summed E-state index contributed by atoms with van der Waals surface area (Å²) in [5.74, 6) is -0.0296. The van der Waals surface area contributed by atoms with E-state index < -0.39 is 0 Å². The van der Waals surface area contributed by atoms with Gasteiger partial charge in [-0.1, -0.05) is 6.92 Å². The van der Waals surface area contributed by atoms with Crippen molar-refractivity contribution in [3.63, 3.8) is 0 Å². The van der Waals surface area contributed by atoms with E-state index in [4.69, 9.17) is 15.6 Å². The van der Waals surface area contributed by atoms with E-state index in [-0.39, 0.29) is 11.9 Å². The largest absolute Gasteiger partial charge is 0.469 e. The van der Waals surface area contributed by atoms with Crippen molar-refractivity contribution >= 4 is 22.6 Å². The third-order valence-electron chi connectivity index (χ3n) is 4.77. The third-order valence-corrected chi connectivity index (χ3v) is 4.77. The molecular weight excluding hydrogens is 278 g/mol. The molecule has 22 heavy (non-hydrogen) atoms. The summed E-state index contributed by atoms with van der Waals surface area (Å²) in [6.07, 6.45) is 6.66. The first-order valence-electron chi connectivity index (χ1n) is 7.97. The smallest absolute Gasteiger partial charge is 0.308 e. The van der Waals surface area contributed by atoms with Crippen LogP contribution in [0, 0.1) is 5.92 Å². The fraction of sp³-hybridized carbons (Fsp3) is 0.529. The Morgan fingerprint density at radius 2 is 2.09 bits per heavy atom. The van der Waals surface area contributed by atoms with Crippen LogP contribution in [0.1, 0.15) is 44.2 Å². The Bertz CT molecular complexity index is 685. The number of benzene rings is 1. The van der Waals surface area contributed by atoms with Gasteiger partial charge in [-0.15, -0.1) is 0 Å². The highest BCUT2D eigenvalue weighted by Gasteiger charge is 2.28. The fourth-order valence-corrected chi connectivity index (χ4v) is 3.39. The van der Waals surface area contributed by atoms with Gasteiger partial charge in [-0.2, -0.15) is 5.10 Å². The molecular formula is C17H23N3O2. The van der Waals surface area contributed by atoms with Crippen molar-refractivity contribution in [2.45, 2.75) is 45.1 Å². The average molecular weight is 301 g/mol. The summed E-state index contributed by atoms with van der Waals surface area (Å²) in [7, 11) is 1.46. The van der Waals surface area contributed by atoms with E-state index >= 15 is 0 Å². The number of nitrogens with zero attached hydrogens (tertiary/aromatic N) is 2. The van der Waals surface area contributed by atoms with Gasteiger partial charge < -0.3 is 10.5 Å². The molecule has 1 aromatic carbocycles. The SMILES string of the molecule is CCc1cc2nn(C3CCC(C(=O)OC)CC3)cc2cc1N. The van der Waals surface area contributed by atoms with Gasteiger partial charge in [-0.25, -0.2) is 0 Å². The van der Waals surface area contributed by atoms with E-state index in [0.29, 0.717) is 6.04 Å². The summed E-state index contributed by atoms with van der Waals surface area (Å²) in [6.45, 7) is 2.10. The molecule has 0 aliphatic heterocycles. The number of nitrogen functional groups attached to an aromatic ring is 1. The minimum absolute atomic E-state index is 0.0496. The lowest BCUT2D eigenvalue weighted by Gasteiger charge is -2.26. The molecule has 0 unspecified atom stereocenters. The van der Waals surface area contributed by atoms with E-state index in [1.165, 1.54) is 7.11 Å². The lowest BCUT2D eigenvalue weighted by atomic mass is 9.86. The molecule has 2 aromatic rings. The molecule has 5 nitrogen and oxygen atoms in total. The molecule has 1 aliphatic carbocycles. The summed E-state index contributed by atoms with van der Waals surface area (Å²) in [4.78, 5) is 11.6. The molecule has 1 heterocycles. The summed E-state index contributed by atoms with van der Waals surface area (Å²) in [5.41, 5.74) is 9.05. The predicted octanol–water partition coefficient (Wildman–Crippen LogP) is 3.09. The maximum atomic E-state index is 11.6. The van der Waals surface area contributed by atoms with Crippen LogP contribution in [-0.2, 0) is 16.0 Å². The zero-order valence-corrected chi connectivity index (χ0v) is 13.2. The van der Waals surface area contributed by atoms with Crippen LogP contribution >= 0.6 is 0 Å². The van der Waals surface area contributed by atoms with Gasteiger partial charge in [0, 0.05) is 17.3 Å². The molecule has 3 rings (SSSR count). The number of anilines is 1. The highest BCUT2D eigenvalue weighted by molar-refractivity contribution is 5.83. The lowest BCUT2D eigenvalue weighted by molar-refractivity contribution is -0.146. The summed E-state index contributed by atoms with van der Waals surface area (Å²) < 4.78 is 6.89. The molecule has 0 bridgehead atoms. The highest BCUT2D eigenvalue weighted by atomic mass is 16.5. The maximum Gasteiger partial charge on any atom is 0.308 e. The topological polar surface area (TPSA) is 70.1 Å². The molecule has 0 radical (unpaired) electrons. The number of aryl methyl sites for hydroxylation is 1. The molecule has 1 aliphatic rings. The number of rotatable bonds is 3. The van der Waals surface area contributed by atoms with Gasteiger partial charge in [-0.3, -0.25) is 9.48 Å². The van der Waals surface area contributed by atoms with Crippen LogP contribution in [0.4, 0.5) is 5.69 Å². The predicted molar refractivity (Wildman–Crippen MR) is 86.5 cm³/mol. The summed E-state index contributed by atoms with van der Waals surface area (Å²) >= 11 is 0. The number of fused-ring (bicyclic) bond motifs is 1. The second-order valence-corrected chi connectivity index (χ2v) is 6.10. The highest BCUT2D eigenvalue weighted by Crippen LogP contribution is 2.33. The Labute approximate surface area is 130 Å². The van der Waals surface area contributed by atoms with Gasteiger partial charge in [0.25, 0.3) is 0 Å². The van der Waals surface area contributed by atoms with Crippen molar-refractivity contribution < 1.29 is 9.53 Å². The number of esters is 1. The third kappa shape index (κ3) is 2.67. The van der Waals surface area contributed by atoms with Crippen LogP contribution in [0.25, 0.3) is 10.9 Å². The monoisotopic (exact) mass is 301 g/mol. The number of methoxy groups -OCH3 is 1. The normalized spacial score (nSPS) is 21.9. The van der Waals surface area contributed by atoms with E-state index in [0.717, 1.165) is 54.3 Å². The second-order valence-electron chi connectivity index (χ2n) is 6.10. The van der Waals surface area contributed by atoms with Gasteiger partial charge >= 0.3 is 5.97 Å². The maximum absolute atomic E-state index is 11.6. The van der Waals surface area contributed by atoms with E-state index in [9.17, 15) is 4.79 Å². The number of hydrogen-bond donors (Lipinski definition) is 1. The molecule has 118 valence electrons. The Hall–Kier alpha value is -2.04. The quantitative estimate of drug-likeness (QED) is 0.698. The molecule has 1 aromatic heterocycles. The minimum atomic E-state index is -0.0792. The number of hydrogen-bond acceptors (Lipinski definition) is 4. The van der Waals surface area contributed by atoms with Crippen LogP contribution in [0.5, 0.6) is 0 Å². The average Bonchev–Trinajstić information content (AvgIpc) is 2.96. The molecule has 0 saturated heterocycles. The van der Waals surface area contributed by atoms with Gasteiger partial charge in [0.2, 0.25) is 0 Å². The Morgan fingerprint density at radius 1 is 1.36 bits per heavy atom. The van der Waals surface area contributed by atoms with Crippen molar-refractivity contribution in [1.82, 2.24) is 9.78 Å². The van der Waals surface area contributed by atoms with Crippen LogP contribution in [0.15, 0.2) is 18.3 Å². The number of carbonyl (C=O) groups is 1. The van der Waals surface area contributed by atoms with E-state index in [2.05, 4.69) is 23.9 Å². The van der Waals surface area contributed by atoms with Gasteiger partial charge in [-0.05, 0) is 49.8 Å². The number of carbonyl (C=O) groups excluding carboxylic acids is 1. The number of ether oxygens (including phenoxy) is 1. The van der Waals surface area contributed by atoms with Crippen molar-refractivity contribution in [2.24, 2.45) is 5.92 Å². The Morgan fingerprint density at radius 3 is 2.73 bits per heavy atom. The van der Waals surface area contributed by atoms with Crippen LogP contribution in [-0.4, -0.2) is 22.9 Å². The molecule has 0 amide bonds. The first-order chi connectivity index (χ1) is 10.6. The molecule has 0 spiro atoms. The van der Waals surface area contributed by atoms with Gasteiger partial charge in [0.05, 0.1) is 24.6 Å². The van der Waals surface area contributed by atoms with Crippen molar-refractivity contribution in [3.05, 3.63) is 23.9 Å². The first kappa shape index (κ1) is 14.9. The van der Waals surface area contributed by atoms with Crippen LogP contribution in [0.3, 0.4) is 0 Å². The van der Waals surface area contributed by atoms with E-state index in [1.54, 1.807) is 0 Å². The Kier molecular flexibility index (Phi) is 4.05. The van der Waals surface area contributed by atoms with E-state index in [1.807, 2.05) is 6.07 Å². The van der Waals surface area contributed by atoms with Gasteiger partial charge in [0.15, 0.2) is 0 Å². The zero-order chi connectivity index (χ0) is 15.7. The standard InChI is InChI=1S/C17H23N3O2/c1-3-11-9-16-13(8-15(11)18)10-20(19-16)14-6-4-12(5-7-14)17(21)22-2/h8-10,12,14H,3-7,18H2,1-2H3. The fourth-order valence-electron chi connectivity index (χ4n) is 3.39. The molecule has 2 N–H and O–H groups in total. The molecule has 1 saturated carbocycles.